The van der Waals surface area contributed by atoms with Crippen molar-refractivity contribution < 1.29 is 14.7 Å². The first-order valence-corrected chi connectivity index (χ1v) is 7.06. The number of hydrazine groups is 1. The standard InChI is InChI=1S/C15H14N6O3/c1-9-8-21(15(24)19-18-9)20-14(23)11-6-16-13(17-7-11)10-3-2-4-12(22)5-10/h2-7,22H,8H2,1H3,(H,19,24)(H,20,23). The third-order valence-electron chi connectivity index (χ3n) is 3.23. The average Bonchev–Trinajstić information content (AvgIpc) is 2.58. The number of rotatable bonds is 3. The van der Waals surface area contributed by atoms with Gasteiger partial charge >= 0.3 is 6.03 Å². The molecule has 0 unspecified atom stereocenters. The minimum atomic E-state index is -0.522. The highest BCUT2D eigenvalue weighted by molar-refractivity contribution is 5.97. The summed E-state index contributed by atoms with van der Waals surface area (Å²) in [5.41, 5.74) is 6.23. The zero-order chi connectivity index (χ0) is 17.1. The van der Waals surface area contributed by atoms with Crippen molar-refractivity contribution in [2.24, 2.45) is 5.10 Å². The van der Waals surface area contributed by atoms with Crippen LogP contribution < -0.4 is 10.9 Å². The molecule has 0 radical (unpaired) electrons. The molecule has 2 heterocycles. The van der Waals surface area contributed by atoms with Crippen LogP contribution in [0.2, 0.25) is 0 Å². The Labute approximate surface area is 137 Å². The van der Waals surface area contributed by atoms with Crippen LogP contribution in [-0.2, 0) is 0 Å². The summed E-state index contributed by atoms with van der Waals surface area (Å²) < 4.78 is 0. The van der Waals surface area contributed by atoms with E-state index in [0.29, 0.717) is 17.1 Å². The summed E-state index contributed by atoms with van der Waals surface area (Å²) in [6.45, 7) is 1.92. The Kier molecular flexibility index (Phi) is 4.06. The van der Waals surface area contributed by atoms with Crippen molar-refractivity contribution in [2.75, 3.05) is 6.54 Å². The molecule has 9 nitrogen and oxygen atoms in total. The Morgan fingerprint density at radius 1 is 1.33 bits per heavy atom. The molecule has 3 rings (SSSR count). The number of hydrogen-bond acceptors (Lipinski definition) is 6. The predicted octanol–water partition coefficient (Wildman–Crippen LogP) is 0.895. The molecule has 0 fully saturated rings. The number of carbonyl (C=O) groups excluding carboxylic acids is 2. The Bertz CT molecular complexity index is 818. The van der Waals surface area contributed by atoms with E-state index in [2.05, 4.69) is 25.9 Å². The molecule has 1 aromatic heterocycles. The van der Waals surface area contributed by atoms with E-state index in [1.165, 1.54) is 18.5 Å². The minimum absolute atomic E-state index is 0.103. The largest absolute Gasteiger partial charge is 0.508 e. The number of nitrogens with zero attached hydrogens (tertiary/aromatic N) is 4. The van der Waals surface area contributed by atoms with Gasteiger partial charge in [0.25, 0.3) is 5.91 Å². The summed E-state index contributed by atoms with van der Waals surface area (Å²) in [5.74, 6) is -0.0329. The molecule has 1 aliphatic heterocycles. The number of nitrogens with one attached hydrogen (secondary N) is 2. The van der Waals surface area contributed by atoms with Gasteiger partial charge in [0.1, 0.15) is 5.75 Å². The molecule has 2 aromatic rings. The Morgan fingerprint density at radius 2 is 2.08 bits per heavy atom. The summed E-state index contributed by atoms with van der Waals surface area (Å²) >= 11 is 0. The first-order valence-electron chi connectivity index (χ1n) is 7.06. The molecule has 1 aliphatic rings. The summed E-state index contributed by atoms with van der Waals surface area (Å²) in [4.78, 5) is 32.0. The van der Waals surface area contributed by atoms with Crippen molar-refractivity contribution in [2.45, 2.75) is 6.92 Å². The van der Waals surface area contributed by atoms with Gasteiger partial charge in [0.2, 0.25) is 0 Å². The molecular weight excluding hydrogens is 312 g/mol. The first-order chi connectivity index (χ1) is 11.5. The third kappa shape index (κ3) is 3.29. The summed E-state index contributed by atoms with van der Waals surface area (Å²) in [5, 5.41) is 14.4. The monoisotopic (exact) mass is 326 g/mol. The molecule has 0 aliphatic carbocycles. The van der Waals surface area contributed by atoms with Gasteiger partial charge < -0.3 is 5.11 Å². The number of aromatic hydroxyl groups is 1. The maximum Gasteiger partial charge on any atom is 0.356 e. The number of aromatic nitrogens is 2. The van der Waals surface area contributed by atoms with Crippen LogP contribution >= 0.6 is 0 Å². The topological polar surface area (TPSA) is 120 Å². The quantitative estimate of drug-likeness (QED) is 0.774. The number of carbonyl (C=O) groups is 2. The highest BCUT2D eigenvalue weighted by atomic mass is 16.3. The van der Waals surface area contributed by atoms with Crippen molar-refractivity contribution in [1.29, 1.82) is 0 Å². The van der Waals surface area contributed by atoms with E-state index in [9.17, 15) is 14.7 Å². The molecular formula is C15H14N6O3. The van der Waals surface area contributed by atoms with Crippen molar-refractivity contribution >= 4 is 17.6 Å². The maximum absolute atomic E-state index is 12.2. The lowest BCUT2D eigenvalue weighted by molar-refractivity contribution is 0.0838. The third-order valence-corrected chi connectivity index (χ3v) is 3.23. The highest BCUT2D eigenvalue weighted by Crippen LogP contribution is 2.19. The lowest BCUT2D eigenvalue weighted by Crippen LogP contribution is -2.54. The van der Waals surface area contributed by atoms with Gasteiger partial charge in [-0.05, 0) is 19.1 Å². The van der Waals surface area contributed by atoms with E-state index < -0.39 is 11.9 Å². The van der Waals surface area contributed by atoms with Gasteiger partial charge in [-0.15, -0.1) is 0 Å². The molecule has 3 amide bonds. The molecule has 3 N–H and O–H groups in total. The molecule has 24 heavy (non-hydrogen) atoms. The molecule has 0 saturated carbocycles. The summed E-state index contributed by atoms with van der Waals surface area (Å²) in [7, 11) is 0. The van der Waals surface area contributed by atoms with Gasteiger partial charge in [-0.25, -0.2) is 25.2 Å². The van der Waals surface area contributed by atoms with Crippen molar-refractivity contribution in [3.05, 3.63) is 42.2 Å². The first kappa shape index (κ1) is 15.4. The van der Waals surface area contributed by atoms with Crippen LogP contribution in [-0.4, -0.2) is 44.3 Å². The van der Waals surface area contributed by atoms with Gasteiger partial charge in [-0.3, -0.25) is 10.2 Å². The number of urea groups is 1. The smallest absolute Gasteiger partial charge is 0.356 e. The zero-order valence-corrected chi connectivity index (χ0v) is 12.7. The highest BCUT2D eigenvalue weighted by Gasteiger charge is 2.21. The Hall–Kier alpha value is -3.49. The summed E-state index contributed by atoms with van der Waals surface area (Å²) in [6, 6.07) is 5.96. The zero-order valence-electron chi connectivity index (χ0n) is 12.7. The van der Waals surface area contributed by atoms with Gasteiger partial charge in [0, 0.05) is 18.0 Å². The number of phenolic OH excluding ortho intramolecular Hbond substituents is 1. The second kappa shape index (κ2) is 6.32. The van der Waals surface area contributed by atoms with E-state index >= 15 is 0 Å². The lowest BCUT2D eigenvalue weighted by Gasteiger charge is -2.25. The van der Waals surface area contributed by atoms with Crippen molar-refractivity contribution in [1.82, 2.24) is 25.8 Å². The normalized spacial score (nSPS) is 14.0. The van der Waals surface area contributed by atoms with E-state index in [4.69, 9.17) is 0 Å². The average molecular weight is 326 g/mol. The second-order valence-electron chi connectivity index (χ2n) is 5.14. The molecule has 0 saturated heterocycles. The SMILES string of the molecule is CC1=NNC(=O)N(NC(=O)c2cnc(-c3cccc(O)c3)nc2)C1. The number of hydrogen-bond donors (Lipinski definition) is 3. The van der Waals surface area contributed by atoms with Crippen LogP contribution in [0.4, 0.5) is 4.79 Å². The molecule has 9 heteroatoms. The molecule has 0 spiro atoms. The molecule has 1 aromatic carbocycles. The Balaban J connectivity index is 1.72. The van der Waals surface area contributed by atoms with E-state index in [-0.39, 0.29) is 17.9 Å². The lowest BCUT2D eigenvalue weighted by atomic mass is 10.2. The number of phenols is 1. The van der Waals surface area contributed by atoms with Gasteiger partial charge in [0.05, 0.1) is 17.8 Å². The fraction of sp³-hybridized carbons (Fsp3) is 0.133. The van der Waals surface area contributed by atoms with E-state index in [1.807, 2.05) is 0 Å². The van der Waals surface area contributed by atoms with Crippen LogP contribution in [0.1, 0.15) is 17.3 Å². The second-order valence-corrected chi connectivity index (χ2v) is 5.14. The number of benzene rings is 1. The maximum atomic E-state index is 12.2. The number of amides is 3. The number of hydrazone groups is 1. The van der Waals surface area contributed by atoms with Crippen LogP contribution in [0.25, 0.3) is 11.4 Å². The van der Waals surface area contributed by atoms with Crippen LogP contribution in [0.5, 0.6) is 5.75 Å². The fourth-order valence-electron chi connectivity index (χ4n) is 2.06. The van der Waals surface area contributed by atoms with Gasteiger partial charge in [0.15, 0.2) is 5.82 Å². The fourth-order valence-corrected chi connectivity index (χ4v) is 2.06. The predicted molar refractivity (Wildman–Crippen MR) is 84.9 cm³/mol. The van der Waals surface area contributed by atoms with Crippen molar-refractivity contribution in [3.63, 3.8) is 0 Å². The van der Waals surface area contributed by atoms with Gasteiger partial charge in [-0.1, -0.05) is 12.1 Å². The summed E-state index contributed by atoms with van der Waals surface area (Å²) in [6.07, 6.45) is 2.70. The minimum Gasteiger partial charge on any atom is -0.508 e. The van der Waals surface area contributed by atoms with Gasteiger partial charge in [-0.2, -0.15) is 5.10 Å². The van der Waals surface area contributed by atoms with Crippen LogP contribution in [0.15, 0.2) is 41.8 Å². The molecule has 122 valence electrons. The van der Waals surface area contributed by atoms with Crippen molar-refractivity contribution in [3.8, 4) is 17.1 Å². The van der Waals surface area contributed by atoms with Crippen LogP contribution in [0, 0.1) is 0 Å². The Morgan fingerprint density at radius 3 is 2.79 bits per heavy atom. The molecule has 0 atom stereocenters. The van der Waals surface area contributed by atoms with E-state index in [0.717, 1.165) is 5.01 Å². The van der Waals surface area contributed by atoms with E-state index in [1.54, 1.807) is 25.1 Å². The van der Waals surface area contributed by atoms with Crippen LogP contribution in [0.3, 0.4) is 0 Å². The molecule has 0 bridgehead atoms.